The highest BCUT2D eigenvalue weighted by Gasteiger charge is 2.22. The maximum Gasteiger partial charge on any atom is 0.229 e. The number of hydrogen-bond donors (Lipinski definition) is 1. The van der Waals surface area contributed by atoms with Gasteiger partial charge in [-0.2, -0.15) is 0 Å². The number of anilines is 1. The topological polar surface area (TPSA) is 54.9 Å². The predicted molar refractivity (Wildman–Crippen MR) is 69.2 cm³/mol. The molecule has 0 aromatic carbocycles. The summed E-state index contributed by atoms with van der Waals surface area (Å²) in [7, 11) is 0. The SMILES string of the molecule is CC[C@@H](C)C(=O)Nc1nnc(C2CCCC2)s1. The number of carbonyl (C=O) groups excluding carboxylic acids is 1. The van der Waals surface area contributed by atoms with Crippen LogP contribution in [0.1, 0.15) is 56.9 Å². The molecule has 1 aromatic heterocycles. The van der Waals surface area contributed by atoms with Crippen LogP contribution >= 0.6 is 11.3 Å². The number of hydrogen-bond acceptors (Lipinski definition) is 4. The summed E-state index contributed by atoms with van der Waals surface area (Å²) in [5, 5.41) is 12.8. The second-order valence-corrected chi connectivity index (χ2v) is 5.73. The highest BCUT2D eigenvalue weighted by molar-refractivity contribution is 7.15. The quantitative estimate of drug-likeness (QED) is 0.896. The predicted octanol–water partition coefficient (Wildman–Crippen LogP) is 3.18. The first-order valence-corrected chi connectivity index (χ1v) is 7.16. The van der Waals surface area contributed by atoms with Gasteiger partial charge in [-0.25, -0.2) is 0 Å². The van der Waals surface area contributed by atoms with Gasteiger partial charge in [-0.3, -0.25) is 4.79 Å². The minimum atomic E-state index is 0.0360. The molecule has 94 valence electrons. The van der Waals surface area contributed by atoms with Crippen molar-refractivity contribution in [2.45, 2.75) is 51.9 Å². The van der Waals surface area contributed by atoms with Crippen LogP contribution in [0.25, 0.3) is 0 Å². The van der Waals surface area contributed by atoms with Crippen LogP contribution in [0.2, 0.25) is 0 Å². The molecule has 1 heterocycles. The highest BCUT2D eigenvalue weighted by atomic mass is 32.1. The fourth-order valence-corrected chi connectivity index (χ4v) is 2.95. The van der Waals surface area contributed by atoms with E-state index < -0.39 is 0 Å². The Bertz CT molecular complexity index is 385. The van der Waals surface area contributed by atoms with Gasteiger partial charge >= 0.3 is 0 Å². The van der Waals surface area contributed by atoms with Crippen molar-refractivity contribution >= 4 is 22.4 Å². The summed E-state index contributed by atoms with van der Waals surface area (Å²) in [6, 6.07) is 0. The summed E-state index contributed by atoms with van der Waals surface area (Å²) < 4.78 is 0. The number of nitrogens with one attached hydrogen (secondary N) is 1. The lowest BCUT2D eigenvalue weighted by molar-refractivity contribution is -0.119. The molecule has 1 atom stereocenters. The van der Waals surface area contributed by atoms with Crippen molar-refractivity contribution in [3.63, 3.8) is 0 Å². The second kappa shape index (κ2) is 5.58. The largest absolute Gasteiger partial charge is 0.300 e. The van der Waals surface area contributed by atoms with Gasteiger partial charge in [0.05, 0.1) is 0 Å². The van der Waals surface area contributed by atoms with Crippen molar-refractivity contribution in [3.05, 3.63) is 5.01 Å². The van der Waals surface area contributed by atoms with Gasteiger partial charge in [0, 0.05) is 11.8 Å². The van der Waals surface area contributed by atoms with Gasteiger partial charge in [0.15, 0.2) is 0 Å². The molecule has 0 radical (unpaired) electrons. The van der Waals surface area contributed by atoms with Crippen molar-refractivity contribution in [1.82, 2.24) is 10.2 Å². The van der Waals surface area contributed by atoms with Crippen molar-refractivity contribution in [2.24, 2.45) is 5.92 Å². The average Bonchev–Trinajstić information content (AvgIpc) is 2.97. The van der Waals surface area contributed by atoms with Crippen molar-refractivity contribution in [3.8, 4) is 0 Å². The molecule has 1 fully saturated rings. The van der Waals surface area contributed by atoms with Crippen LogP contribution in [0.15, 0.2) is 0 Å². The van der Waals surface area contributed by atoms with Crippen LogP contribution in [-0.2, 0) is 4.79 Å². The summed E-state index contributed by atoms with van der Waals surface area (Å²) in [4.78, 5) is 11.7. The molecule has 1 aliphatic carbocycles. The number of amides is 1. The fraction of sp³-hybridized carbons (Fsp3) is 0.750. The van der Waals surface area contributed by atoms with E-state index in [-0.39, 0.29) is 11.8 Å². The lowest BCUT2D eigenvalue weighted by atomic mass is 10.1. The second-order valence-electron chi connectivity index (χ2n) is 4.73. The Labute approximate surface area is 106 Å². The average molecular weight is 253 g/mol. The molecule has 4 nitrogen and oxygen atoms in total. The maximum atomic E-state index is 11.7. The van der Waals surface area contributed by atoms with Crippen molar-refractivity contribution < 1.29 is 4.79 Å². The molecule has 1 aliphatic rings. The Morgan fingerprint density at radius 3 is 2.82 bits per heavy atom. The smallest absolute Gasteiger partial charge is 0.229 e. The van der Waals surface area contributed by atoms with Crippen LogP contribution in [0.4, 0.5) is 5.13 Å². The summed E-state index contributed by atoms with van der Waals surface area (Å²) in [5.74, 6) is 0.650. The van der Waals surface area contributed by atoms with E-state index in [9.17, 15) is 4.79 Å². The standard InChI is InChI=1S/C12H19N3OS/c1-3-8(2)10(16)13-12-15-14-11(17-12)9-6-4-5-7-9/h8-9H,3-7H2,1-2H3,(H,13,15,16)/t8-/m1/s1. The third kappa shape index (κ3) is 3.03. The molecule has 2 rings (SSSR count). The summed E-state index contributed by atoms with van der Waals surface area (Å²) >= 11 is 1.53. The molecule has 0 aliphatic heterocycles. The Morgan fingerprint density at radius 1 is 1.47 bits per heavy atom. The monoisotopic (exact) mass is 253 g/mol. The first kappa shape index (κ1) is 12.5. The Morgan fingerprint density at radius 2 is 2.18 bits per heavy atom. The molecule has 0 unspecified atom stereocenters. The molecule has 1 amide bonds. The van der Waals surface area contributed by atoms with Crippen LogP contribution in [0, 0.1) is 5.92 Å². The molecular formula is C12H19N3OS. The van der Waals surface area contributed by atoms with Crippen molar-refractivity contribution in [1.29, 1.82) is 0 Å². The van der Waals surface area contributed by atoms with E-state index in [0.717, 1.165) is 11.4 Å². The van der Waals surface area contributed by atoms with Gasteiger partial charge in [0.25, 0.3) is 0 Å². The van der Waals surface area contributed by atoms with Crippen LogP contribution < -0.4 is 5.32 Å². The van der Waals surface area contributed by atoms with Crippen LogP contribution in [0.3, 0.4) is 0 Å². The fourth-order valence-electron chi connectivity index (χ4n) is 2.04. The van der Waals surface area contributed by atoms with Gasteiger partial charge in [-0.05, 0) is 19.3 Å². The van der Waals surface area contributed by atoms with E-state index in [2.05, 4.69) is 15.5 Å². The molecule has 17 heavy (non-hydrogen) atoms. The molecule has 1 N–H and O–H groups in total. The van der Waals surface area contributed by atoms with Gasteiger partial charge in [0.1, 0.15) is 5.01 Å². The van der Waals surface area contributed by atoms with Gasteiger partial charge in [-0.1, -0.05) is 38.0 Å². The minimum Gasteiger partial charge on any atom is -0.300 e. The summed E-state index contributed by atoms with van der Waals surface area (Å²) in [6.45, 7) is 3.93. The zero-order chi connectivity index (χ0) is 12.3. The van der Waals surface area contributed by atoms with E-state index in [1.807, 2.05) is 13.8 Å². The Balaban J connectivity index is 1.96. The first-order valence-electron chi connectivity index (χ1n) is 6.35. The molecule has 5 heteroatoms. The van der Waals surface area contributed by atoms with E-state index in [0.29, 0.717) is 11.0 Å². The minimum absolute atomic E-state index is 0.0360. The molecule has 0 saturated heterocycles. The lowest BCUT2D eigenvalue weighted by Gasteiger charge is -2.06. The number of carbonyl (C=O) groups is 1. The Hall–Kier alpha value is -0.970. The third-order valence-corrected chi connectivity index (χ3v) is 4.44. The zero-order valence-electron chi connectivity index (χ0n) is 10.4. The number of nitrogens with zero attached hydrogens (tertiary/aromatic N) is 2. The number of aromatic nitrogens is 2. The van der Waals surface area contributed by atoms with E-state index in [1.54, 1.807) is 0 Å². The summed E-state index contributed by atoms with van der Waals surface area (Å²) in [5.41, 5.74) is 0. The summed E-state index contributed by atoms with van der Waals surface area (Å²) in [6.07, 6.45) is 5.86. The van der Waals surface area contributed by atoms with Crippen LogP contribution in [0.5, 0.6) is 0 Å². The van der Waals surface area contributed by atoms with Crippen LogP contribution in [-0.4, -0.2) is 16.1 Å². The third-order valence-electron chi connectivity index (χ3n) is 3.44. The normalized spacial score (nSPS) is 18.2. The first-order chi connectivity index (χ1) is 8.20. The number of rotatable bonds is 4. The Kier molecular flexibility index (Phi) is 4.10. The molecular weight excluding hydrogens is 234 g/mol. The van der Waals surface area contributed by atoms with E-state index in [4.69, 9.17) is 0 Å². The van der Waals surface area contributed by atoms with Gasteiger partial charge in [-0.15, -0.1) is 10.2 Å². The molecule has 1 aromatic rings. The van der Waals surface area contributed by atoms with Gasteiger partial charge < -0.3 is 5.32 Å². The highest BCUT2D eigenvalue weighted by Crippen LogP contribution is 2.36. The van der Waals surface area contributed by atoms with Crippen molar-refractivity contribution in [2.75, 3.05) is 5.32 Å². The lowest BCUT2D eigenvalue weighted by Crippen LogP contribution is -2.19. The van der Waals surface area contributed by atoms with Gasteiger partial charge in [0.2, 0.25) is 11.0 Å². The molecule has 1 saturated carbocycles. The van der Waals surface area contributed by atoms with E-state index >= 15 is 0 Å². The van der Waals surface area contributed by atoms with E-state index in [1.165, 1.54) is 37.0 Å². The molecule has 0 bridgehead atoms. The zero-order valence-corrected chi connectivity index (χ0v) is 11.2. The molecule has 0 spiro atoms. The maximum absolute atomic E-state index is 11.7.